The zero-order valence-electron chi connectivity index (χ0n) is 12.2. The molecule has 21 heavy (non-hydrogen) atoms. The minimum Gasteiger partial charge on any atom is -0.496 e. The zero-order valence-corrected chi connectivity index (χ0v) is 12.2. The Morgan fingerprint density at radius 1 is 0.857 bits per heavy atom. The Morgan fingerprint density at radius 3 is 2.00 bits per heavy atom. The molecule has 1 unspecified atom stereocenters. The van der Waals surface area contributed by atoms with Crippen LogP contribution in [0, 0.1) is 5.82 Å². The molecular weight excluding hydrogens is 273 g/mol. The van der Waals surface area contributed by atoms with E-state index >= 15 is 0 Å². The highest BCUT2D eigenvalue weighted by Crippen LogP contribution is 2.38. The van der Waals surface area contributed by atoms with Gasteiger partial charge in [0, 0.05) is 17.2 Å². The van der Waals surface area contributed by atoms with E-state index in [9.17, 15) is 4.39 Å². The zero-order chi connectivity index (χ0) is 15.4. The lowest BCUT2D eigenvalue weighted by atomic mass is 9.97. The second-order valence-corrected chi connectivity index (χ2v) is 4.45. The quantitative estimate of drug-likeness (QED) is 0.920. The van der Waals surface area contributed by atoms with Gasteiger partial charge < -0.3 is 19.9 Å². The molecule has 0 radical (unpaired) electrons. The number of hydrogen-bond donors (Lipinski definition) is 1. The number of ether oxygens (including phenoxy) is 3. The topological polar surface area (TPSA) is 53.7 Å². The van der Waals surface area contributed by atoms with E-state index in [2.05, 4.69) is 0 Å². The molecule has 4 nitrogen and oxygen atoms in total. The van der Waals surface area contributed by atoms with Gasteiger partial charge in [0.25, 0.3) is 0 Å². The Kier molecular flexibility index (Phi) is 4.65. The van der Waals surface area contributed by atoms with Crippen LogP contribution in [0.3, 0.4) is 0 Å². The van der Waals surface area contributed by atoms with Crippen molar-refractivity contribution in [2.24, 2.45) is 5.73 Å². The van der Waals surface area contributed by atoms with Gasteiger partial charge >= 0.3 is 0 Å². The summed E-state index contributed by atoms with van der Waals surface area (Å²) in [6, 6.07) is 9.10. The first kappa shape index (κ1) is 15.1. The molecule has 0 fully saturated rings. The standard InChI is InChI=1S/C16H18FNO3/c1-19-13-9-15(21-3)14(20-2)8-11(13)16(18)10-6-4-5-7-12(10)17/h4-9,16H,18H2,1-3H3. The highest BCUT2D eigenvalue weighted by molar-refractivity contribution is 5.53. The summed E-state index contributed by atoms with van der Waals surface area (Å²) in [6.45, 7) is 0. The third-order valence-corrected chi connectivity index (χ3v) is 3.31. The summed E-state index contributed by atoms with van der Waals surface area (Å²) in [5.41, 5.74) is 7.21. The summed E-state index contributed by atoms with van der Waals surface area (Å²) in [5, 5.41) is 0. The summed E-state index contributed by atoms with van der Waals surface area (Å²) >= 11 is 0. The Balaban J connectivity index is 2.54. The first-order chi connectivity index (χ1) is 10.1. The van der Waals surface area contributed by atoms with Gasteiger partial charge in [-0.3, -0.25) is 0 Å². The predicted molar refractivity (Wildman–Crippen MR) is 78.5 cm³/mol. The summed E-state index contributed by atoms with van der Waals surface area (Å²) in [6.07, 6.45) is 0. The second-order valence-electron chi connectivity index (χ2n) is 4.45. The van der Waals surface area contributed by atoms with Crippen LogP contribution in [-0.4, -0.2) is 21.3 Å². The summed E-state index contributed by atoms with van der Waals surface area (Å²) < 4.78 is 29.7. The van der Waals surface area contributed by atoms with Gasteiger partial charge in [-0.15, -0.1) is 0 Å². The molecule has 0 saturated heterocycles. The van der Waals surface area contributed by atoms with Crippen LogP contribution in [0.1, 0.15) is 17.2 Å². The summed E-state index contributed by atoms with van der Waals surface area (Å²) in [7, 11) is 4.59. The first-order valence-electron chi connectivity index (χ1n) is 6.42. The molecule has 1 atom stereocenters. The van der Waals surface area contributed by atoms with Gasteiger partial charge in [0.1, 0.15) is 11.6 Å². The highest BCUT2D eigenvalue weighted by Gasteiger charge is 2.20. The molecule has 0 spiro atoms. The van der Waals surface area contributed by atoms with Crippen molar-refractivity contribution in [1.29, 1.82) is 0 Å². The lowest BCUT2D eigenvalue weighted by Gasteiger charge is -2.19. The maximum absolute atomic E-state index is 13.9. The van der Waals surface area contributed by atoms with Gasteiger partial charge in [-0.25, -0.2) is 4.39 Å². The third-order valence-electron chi connectivity index (χ3n) is 3.31. The van der Waals surface area contributed by atoms with Crippen LogP contribution >= 0.6 is 0 Å². The molecule has 2 rings (SSSR count). The van der Waals surface area contributed by atoms with Gasteiger partial charge in [-0.2, -0.15) is 0 Å². The molecule has 0 aliphatic carbocycles. The van der Waals surface area contributed by atoms with E-state index in [0.29, 0.717) is 28.4 Å². The normalized spacial score (nSPS) is 11.9. The molecule has 2 N–H and O–H groups in total. The SMILES string of the molecule is COc1cc(OC)c(C(N)c2ccccc2F)cc1OC. The Hall–Kier alpha value is -2.27. The number of hydrogen-bond acceptors (Lipinski definition) is 4. The van der Waals surface area contributed by atoms with Crippen molar-refractivity contribution in [3.63, 3.8) is 0 Å². The Morgan fingerprint density at radius 2 is 1.43 bits per heavy atom. The third kappa shape index (κ3) is 2.92. The van der Waals surface area contributed by atoms with Gasteiger partial charge in [0.2, 0.25) is 0 Å². The molecule has 5 heteroatoms. The molecule has 0 aliphatic heterocycles. The smallest absolute Gasteiger partial charge is 0.164 e. The van der Waals surface area contributed by atoms with Crippen LogP contribution in [0.4, 0.5) is 4.39 Å². The van der Waals surface area contributed by atoms with Crippen molar-refractivity contribution in [3.8, 4) is 17.2 Å². The number of nitrogens with two attached hydrogens (primary N) is 1. The lowest BCUT2D eigenvalue weighted by molar-refractivity contribution is 0.347. The van der Waals surface area contributed by atoms with E-state index in [-0.39, 0.29) is 5.82 Å². The highest BCUT2D eigenvalue weighted by atomic mass is 19.1. The average molecular weight is 291 g/mol. The van der Waals surface area contributed by atoms with Gasteiger partial charge in [-0.1, -0.05) is 18.2 Å². The van der Waals surface area contributed by atoms with E-state index < -0.39 is 6.04 Å². The number of benzene rings is 2. The molecule has 2 aromatic carbocycles. The number of rotatable bonds is 5. The van der Waals surface area contributed by atoms with E-state index in [1.165, 1.54) is 27.4 Å². The maximum atomic E-state index is 13.9. The fraction of sp³-hybridized carbons (Fsp3) is 0.250. The van der Waals surface area contributed by atoms with Gasteiger partial charge in [0.15, 0.2) is 11.5 Å². The van der Waals surface area contributed by atoms with Crippen LogP contribution in [0.25, 0.3) is 0 Å². The van der Waals surface area contributed by atoms with Crippen molar-refractivity contribution in [2.75, 3.05) is 21.3 Å². The fourth-order valence-corrected chi connectivity index (χ4v) is 2.19. The van der Waals surface area contributed by atoms with E-state index in [0.717, 1.165) is 0 Å². The van der Waals surface area contributed by atoms with Gasteiger partial charge in [-0.05, 0) is 12.1 Å². The van der Waals surface area contributed by atoms with Crippen molar-refractivity contribution in [2.45, 2.75) is 6.04 Å². The van der Waals surface area contributed by atoms with E-state index in [1.807, 2.05) is 0 Å². The Labute approximate surface area is 123 Å². The van der Waals surface area contributed by atoms with Crippen LogP contribution in [-0.2, 0) is 0 Å². The monoisotopic (exact) mass is 291 g/mol. The van der Waals surface area contributed by atoms with Gasteiger partial charge in [0.05, 0.1) is 27.4 Å². The van der Waals surface area contributed by atoms with Crippen LogP contribution < -0.4 is 19.9 Å². The Bertz CT molecular complexity index is 631. The van der Waals surface area contributed by atoms with E-state index in [1.54, 1.807) is 30.3 Å². The summed E-state index contributed by atoms with van der Waals surface area (Å²) in [5.74, 6) is 1.20. The van der Waals surface area contributed by atoms with Crippen LogP contribution in [0.2, 0.25) is 0 Å². The molecule has 2 aromatic rings. The summed E-state index contributed by atoms with van der Waals surface area (Å²) in [4.78, 5) is 0. The number of halogens is 1. The molecule has 0 aromatic heterocycles. The van der Waals surface area contributed by atoms with Crippen molar-refractivity contribution >= 4 is 0 Å². The van der Waals surface area contributed by atoms with Crippen molar-refractivity contribution < 1.29 is 18.6 Å². The minimum absolute atomic E-state index is 0.359. The van der Waals surface area contributed by atoms with E-state index in [4.69, 9.17) is 19.9 Å². The van der Waals surface area contributed by atoms with Crippen molar-refractivity contribution in [3.05, 3.63) is 53.3 Å². The van der Waals surface area contributed by atoms with Crippen LogP contribution in [0.15, 0.2) is 36.4 Å². The molecular formula is C16H18FNO3. The largest absolute Gasteiger partial charge is 0.496 e. The maximum Gasteiger partial charge on any atom is 0.164 e. The van der Waals surface area contributed by atoms with Crippen molar-refractivity contribution in [1.82, 2.24) is 0 Å². The molecule has 0 amide bonds. The fourth-order valence-electron chi connectivity index (χ4n) is 2.19. The van der Waals surface area contributed by atoms with Crippen LogP contribution in [0.5, 0.6) is 17.2 Å². The molecule has 0 bridgehead atoms. The molecule has 0 heterocycles. The predicted octanol–water partition coefficient (Wildman–Crippen LogP) is 2.90. The molecule has 0 saturated carbocycles. The second kappa shape index (κ2) is 6.45. The average Bonchev–Trinajstić information content (AvgIpc) is 2.53. The lowest BCUT2D eigenvalue weighted by Crippen LogP contribution is -2.15. The first-order valence-corrected chi connectivity index (χ1v) is 6.42. The molecule has 0 aliphatic rings. The minimum atomic E-state index is -0.666. The molecule has 112 valence electrons. The number of methoxy groups -OCH3 is 3.